The maximum Gasteiger partial charge on any atom is 0.338 e. The Hall–Kier alpha value is -0.870. The van der Waals surface area contributed by atoms with Crippen molar-refractivity contribution in [3.63, 3.8) is 0 Å². The molecule has 82 valence electrons. The molecule has 0 saturated heterocycles. The minimum absolute atomic E-state index is 0.249. The first-order valence-electron chi connectivity index (χ1n) is 5.09. The van der Waals surface area contributed by atoms with E-state index in [1.807, 2.05) is 11.4 Å². The van der Waals surface area contributed by atoms with Gasteiger partial charge in [0.2, 0.25) is 0 Å². The number of hydrogen-bond donors (Lipinski definition) is 1. The van der Waals surface area contributed by atoms with Gasteiger partial charge < -0.3 is 10.5 Å². The Bertz CT molecular complexity index is 368. The third kappa shape index (κ3) is 1.92. The van der Waals surface area contributed by atoms with Gasteiger partial charge in [-0.3, -0.25) is 0 Å². The Kier molecular flexibility index (Phi) is 2.80. The number of hydrogen-bond acceptors (Lipinski definition) is 4. The Morgan fingerprint density at radius 2 is 2.40 bits per heavy atom. The number of carbonyl (C=O) groups excluding carboxylic acids is 1. The van der Waals surface area contributed by atoms with Crippen LogP contribution < -0.4 is 5.73 Å². The lowest BCUT2D eigenvalue weighted by molar-refractivity contribution is 0.0601. The maximum atomic E-state index is 11.3. The van der Waals surface area contributed by atoms with Crippen LogP contribution in [0.25, 0.3) is 0 Å². The van der Waals surface area contributed by atoms with Crippen LogP contribution in [0.1, 0.15) is 34.5 Å². The first kappa shape index (κ1) is 10.6. The van der Waals surface area contributed by atoms with E-state index < -0.39 is 0 Å². The van der Waals surface area contributed by atoms with Crippen LogP contribution in [0.15, 0.2) is 11.4 Å². The third-order valence-corrected chi connectivity index (χ3v) is 4.20. The van der Waals surface area contributed by atoms with E-state index in [2.05, 4.69) is 4.74 Å². The van der Waals surface area contributed by atoms with Gasteiger partial charge in [0, 0.05) is 15.7 Å². The smallest absolute Gasteiger partial charge is 0.338 e. The van der Waals surface area contributed by atoms with E-state index in [1.54, 1.807) is 11.3 Å². The number of thiophene rings is 1. The van der Waals surface area contributed by atoms with Crippen molar-refractivity contribution in [1.29, 1.82) is 0 Å². The van der Waals surface area contributed by atoms with E-state index in [1.165, 1.54) is 24.8 Å². The van der Waals surface area contributed by atoms with E-state index in [0.717, 1.165) is 6.42 Å². The van der Waals surface area contributed by atoms with Crippen LogP contribution in [-0.4, -0.2) is 19.6 Å². The monoisotopic (exact) mass is 225 g/mol. The van der Waals surface area contributed by atoms with Gasteiger partial charge in [0.1, 0.15) is 0 Å². The number of rotatable bonds is 4. The summed E-state index contributed by atoms with van der Waals surface area (Å²) in [6.45, 7) is 0.714. The van der Waals surface area contributed by atoms with Crippen LogP contribution in [0.3, 0.4) is 0 Å². The number of methoxy groups -OCH3 is 1. The molecule has 0 bridgehead atoms. The van der Waals surface area contributed by atoms with E-state index in [-0.39, 0.29) is 11.4 Å². The second-order valence-corrected chi connectivity index (χ2v) is 4.92. The highest BCUT2D eigenvalue weighted by Crippen LogP contribution is 2.52. The van der Waals surface area contributed by atoms with Gasteiger partial charge in [0.05, 0.1) is 12.7 Å². The second kappa shape index (κ2) is 3.94. The van der Waals surface area contributed by atoms with Gasteiger partial charge in [-0.15, -0.1) is 11.3 Å². The summed E-state index contributed by atoms with van der Waals surface area (Å²) >= 11 is 1.65. The van der Waals surface area contributed by atoms with Crippen LogP contribution >= 0.6 is 11.3 Å². The SMILES string of the molecule is COC(=O)c1csc(C2(CCN)CC2)c1. The van der Waals surface area contributed by atoms with Crippen LogP contribution in [0.4, 0.5) is 0 Å². The van der Waals surface area contributed by atoms with Crippen molar-refractivity contribution in [3.8, 4) is 0 Å². The minimum Gasteiger partial charge on any atom is -0.465 e. The second-order valence-electron chi connectivity index (χ2n) is 4.01. The number of nitrogens with two attached hydrogens (primary N) is 1. The van der Waals surface area contributed by atoms with Crippen molar-refractivity contribution in [2.24, 2.45) is 5.73 Å². The molecule has 1 aliphatic carbocycles. The van der Waals surface area contributed by atoms with E-state index in [4.69, 9.17) is 5.73 Å². The van der Waals surface area contributed by atoms with Crippen molar-refractivity contribution >= 4 is 17.3 Å². The number of esters is 1. The molecule has 2 N–H and O–H groups in total. The molecule has 1 fully saturated rings. The Labute approximate surface area is 93.2 Å². The van der Waals surface area contributed by atoms with Gasteiger partial charge in [-0.1, -0.05) is 0 Å². The zero-order valence-electron chi connectivity index (χ0n) is 8.79. The minimum atomic E-state index is -0.249. The Morgan fingerprint density at radius 3 is 2.93 bits per heavy atom. The molecular weight excluding hydrogens is 210 g/mol. The molecule has 3 nitrogen and oxygen atoms in total. The molecule has 0 amide bonds. The summed E-state index contributed by atoms with van der Waals surface area (Å²) in [6, 6.07) is 1.96. The fourth-order valence-corrected chi connectivity index (χ4v) is 3.06. The standard InChI is InChI=1S/C11H15NO2S/c1-14-10(13)8-6-9(15-7-8)11(2-3-11)4-5-12/h6-7H,2-5,12H2,1H3. The van der Waals surface area contributed by atoms with Crippen molar-refractivity contribution in [2.75, 3.05) is 13.7 Å². The highest BCUT2D eigenvalue weighted by atomic mass is 32.1. The molecule has 0 spiro atoms. The molecular formula is C11H15NO2S. The van der Waals surface area contributed by atoms with E-state index >= 15 is 0 Å². The molecule has 1 saturated carbocycles. The summed E-state index contributed by atoms with van der Waals surface area (Å²) in [7, 11) is 1.41. The van der Waals surface area contributed by atoms with E-state index in [0.29, 0.717) is 12.1 Å². The lowest BCUT2D eigenvalue weighted by Gasteiger charge is -2.10. The Balaban J connectivity index is 2.17. The average Bonchev–Trinajstić information content (AvgIpc) is 2.85. The van der Waals surface area contributed by atoms with Gasteiger partial charge in [0.25, 0.3) is 0 Å². The van der Waals surface area contributed by atoms with Gasteiger partial charge in [-0.2, -0.15) is 0 Å². The van der Waals surface area contributed by atoms with Crippen molar-refractivity contribution in [1.82, 2.24) is 0 Å². The fourth-order valence-electron chi connectivity index (χ4n) is 1.89. The lowest BCUT2D eigenvalue weighted by atomic mass is 10.00. The number of carbonyl (C=O) groups is 1. The summed E-state index contributed by atoms with van der Waals surface area (Å²) in [6.07, 6.45) is 3.42. The van der Waals surface area contributed by atoms with Gasteiger partial charge in [-0.25, -0.2) is 4.79 Å². The first-order chi connectivity index (χ1) is 7.22. The molecule has 1 aromatic heterocycles. The normalized spacial score (nSPS) is 17.5. The quantitative estimate of drug-likeness (QED) is 0.796. The summed E-state index contributed by atoms with van der Waals surface area (Å²) in [5, 5.41) is 1.87. The van der Waals surface area contributed by atoms with Crippen LogP contribution in [0.5, 0.6) is 0 Å². The molecule has 15 heavy (non-hydrogen) atoms. The molecule has 0 aromatic carbocycles. The fraction of sp³-hybridized carbons (Fsp3) is 0.545. The molecule has 0 radical (unpaired) electrons. The predicted octanol–water partition coefficient (Wildman–Crippen LogP) is 1.92. The van der Waals surface area contributed by atoms with Crippen LogP contribution in [0, 0.1) is 0 Å². The highest BCUT2D eigenvalue weighted by Gasteiger charge is 2.44. The lowest BCUT2D eigenvalue weighted by Crippen LogP contribution is -2.12. The van der Waals surface area contributed by atoms with Gasteiger partial charge >= 0.3 is 5.97 Å². The summed E-state index contributed by atoms with van der Waals surface area (Å²) < 4.78 is 4.69. The maximum absolute atomic E-state index is 11.3. The van der Waals surface area contributed by atoms with Crippen molar-refractivity contribution in [3.05, 3.63) is 21.9 Å². The van der Waals surface area contributed by atoms with Crippen LogP contribution in [-0.2, 0) is 10.2 Å². The van der Waals surface area contributed by atoms with Gasteiger partial charge in [-0.05, 0) is 31.9 Å². The third-order valence-electron chi connectivity index (χ3n) is 3.02. The largest absolute Gasteiger partial charge is 0.465 e. The molecule has 1 aliphatic rings. The first-order valence-corrected chi connectivity index (χ1v) is 5.97. The topological polar surface area (TPSA) is 52.3 Å². The van der Waals surface area contributed by atoms with Crippen LogP contribution in [0.2, 0.25) is 0 Å². The van der Waals surface area contributed by atoms with E-state index in [9.17, 15) is 4.79 Å². The van der Waals surface area contributed by atoms with Gasteiger partial charge in [0.15, 0.2) is 0 Å². The molecule has 0 unspecified atom stereocenters. The molecule has 1 heterocycles. The highest BCUT2D eigenvalue weighted by molar-refractivity contribution is 7.10. The number of ether oxygens (including phenoxy) is 1. The zero-order chi connectivity index (χ0) is 10.9. The molecule has 4 heteroatoms. The van der Waals surface area contributed by atoms with Crippen molar-refractivity contribution in [2.45, 2.75) is 24.7 Å². The molecule has 1 aromatic rings. The molecule has 2 rings (SSSR count). The van der Waals surface area contributed by atoms with Crippen molar-refractivity contribution < 1.29 is 9.53 Å². The molecule has 0 atom stereocenters. The molecule has 0 aliphatic heterocycles. The average molecular weight is 225 g/mol. The summed E-state index contributed by atoms with van der Waals surface area (Å²) in [4.78, 5) is 12.6. The summed E-state index contributed by atoms with van der Waals surface area (Å²) in [5.74, 6) is -0.249. The predicted molar refractivity (Wildman–Crippen MR) is 60.2 cm³/mol. The summed E-state index contributed by atoms with van der Waals surface area (Å²) in [5.41, 5.74) is 6.55. The zero-order valence-corrected chi connectivity index (χ0v) is 9.60. The Morgan fingerprint density at radius 1 is 1.67 bits per heavy atom.